The Kier molecular flexibility index (Phi) is 4.08. The Bertz CT molecular complexity index is 722. The molecule has 1 aromatic carbocycles. The van der Waals surface area contributed by atoms with Crippen LogP contribution in [-0.2, 0) is 19.4 Å². The lowest BCUT2D eigenvalue weighted by atomic mass is 10.1. The van der Waals surface area contributed by atoms with E-state index in [0.29, 0.717) is 5.75 Å². The number of aliphatic hydroxyl groups excluding tert-OH is 1. The molecule has 0 saturated carbocycles. The van der Waals surface area contributed by atoms with E-state index in [2.05, 4.69) is 10.1 Å². The molecule has 5 nitrogen and oxygen atoms in total. The molecule has 0 aliphatic heterocycles. The summed E-state index contributed by atoms with van der Waals surface area (Å²) in [6, 6.07) is 11.9. The Labute approximate surface area is 126 Å². The minimum Gasteiger partial charge on any atom is -0.390 e. The van der Waals surface area contributed by atoms with E-state index < -0.39 is 0 Å². The van der Waals surface area contributed by atoms with E-state index in [9.17, 15) is 0 Å². The van der Waals surface area contributed by atoms with Crippen LogP contribution in [0.25, 0.3) is 11.3 Å². The molecular weight excluding hydrogens is 286 g/mol. The van der Waals surface area contributed by atoms with E-state index in [1.807, 2.05) is 48.0 Å². The van der Waals surface area contributed by atoms with Crippen LogP contribution in [0.2, 0.25) is 0 Å². The van der Waals surface area contributed by atoms with Crippen LogP contribution >= 0.6 is 11.8 Å². The van der Waals surface area contributed by atoms with Gasteiger partial charge in [0, 0.05) is 18.7 Å². The first kappa shape index (κ1) is 13.9. The number of hydrogen-bond acceptors (Lipinski definition) is 5. The summed E-state index contributed by atoms with van der Waals surface area (Å²) < 4.78 is 7.23. The molecule has 3 rings (SSSR count). The monoisotopic (exact) mass is 301 g/mol. The maximum Gasteiger partial charge on any atom is 0.168 e. The number of aromatic nitrogens is 3. The highest BCUT2D eigenvalue weighted by molar-refractivity contribution is 7.98. The summed E-state index contributed by atoms with van der Waals surface area (Å²) in [7, 11) is 1.89. The molecule has 108 valence electrons. The van der Waals surface area contributed by atoms with Gasteiger partial charge in [-0.15, -0.1) is 0 Å². The molecule has 0 bridgehead atoms. The topological polar surface area (TPSA) is 64.1 Å². The van der Waals surface area contributed by atoms with Crippen molar-refractivity contribution in [3.63, 3.8) is 0 Å². The number of benzene rings is 1. The van der Waals surface area contributed by atoms with Crippen LogP contribution in [0.4, 0.5) is 0 Å². The summed E-state index contributed by atoms with van der Waals surface area (Å²) in [5, 5.41) is 14.1. The third-order valence-electron chi connectivity index (χ3n) is 3.18. The number of thioether (sulfide) groups is 1. The maximum absolute atomic E-state index is 9.15. The van der Waals surface area contributed by atoms with Crippen LogP contribution in [0.3, 0.4) is 0 Å². The van der Waals surface area contributed by atoms with Gasteiger partial charge in [-0.1, -0.05) is 47.3 Å². The van der Waals surface area contributed by atoms with E-state index in [1.165, 1.54) is 0 Å². The fourth-order valence-corrected chi connectivity index (χ4v) is 2.81. The zero-order valence-corrected chi connectivity index (χ0v) is 12.4. The van der Waals surface area contributed by atoms with E-state index in [4.69, 9.17) is 9.63 Å². The highest BCUT2D eigenvalue weighted by Crippen LogP contribution is 2.25. The van der Waals surface area contributed by atoms with Crippen LogP contribution in [-0.4, -0.2) is 19.8 Å². The molecule has 2 heterocycles. The van der Waals surface area contributed by atoms with Gasteiger partial charge in [-0.2, -0.15) is 0 Å². The van der Waals surface area contributed by atoms with Crippen molar-refractivity contribution in [1.29, 1.82) is 0 Å². The standard InChI is InChI=1S/C15H15N3O2S/c1-18-12(9-19)8-16-15(18)21-10-13-7-14(17-20-13)11-5-3-2-4-6-11/h2-8,19H,9-10H2,1H3. The van der Waals surface area contributed by atoms with E-state index in [-0.39, 0.29) is 6.61 Å². The molecule has 0 aliphatic rings. The lowest BCUT2D eigenvalue weighted by Gasteiger charge is -2.01. The SMILES string of the molecule is Cn1c(CO)cnc1SCc1cc(-c2ccccc2)no1. The average molecular weight is 301 g/mol. The Balaban J connectivity index is 1.69. The Morgan fingerprint density at radius 1 is 1.29 bits per heavy atom. The van der Waals surface area contributed by atoms with E-state index in [1.54, 1.807) is 18.0 Å². The molecule has 0 atom stereocenters. The predicted molar refractivity (Wildman–Crippen MR) is 80.6 cm³/mol. The van der Waals surface area contributed by atoms with Crippen LogP contribution < -0.4 is 0 Å². The molecule has 0 spiro atoms. The zero-order chi connectivity index (χ0) is 14.7. The van der Waals surface area contributed by atoms with Crippen LogP contribution in [0, 0.1) is 0 Å². The first-order chi connectivity index (χ1) is 10.3. The molecule has 1 N–H and O–H groups in total. The van der Waals surface area contributed by atoms with Crippen molar-refractivity contribution in [2.75, 3.05) is 0 Å². The van der Waals surface area contributed by atoms with Crippen LogP contribution in [0.15, 0.2) is 52.3 Å². The minimum atomic E-state index is -0.00940. The zero-order valence-electron chi connectivity index (χ0n) is 11.6. The largest absolute Gasteiger partial charge is 0.390 e. The second-order valence-corrected chi connectivity index (χ2v) is 5.52. The van der Waals surface area contributed by atoms with Gasteiger partial charge in [0.2, 0.25) is 0 Å². The summed E-state index contributed by atoms with van der Waals surface area (Å²) in [6.45, 7) is -0.00940. The van der Waals surface area contributed by atoms with Gasteiger partial charge in [0.1, 0.15) is 11.5 Å². The van der Waals surface area contributed by atoms with Gasteiger partial charge in [-0.25, -0.2) is 4.98 Å². The van der Waals surface area contributed by atoms with Crippen LogP contribution in [0.5, 0.6) is 0 Å². The molecule has 0 saturated heterocycles. The molecule has 21 heavy (non-hydrogen) atoms. The van der Waals surface area contributed by atoms with E-state index >= 15 is 0 Å². The predicted octanol–water partition coefficient (Wildman–Crippen LogP) is 2.86. The van der Waals surface area contributed by atoms with Crippen molar-refractivity contribution in [3.05, 3.63) is 54.0 Å². The summed E-state index contributed by atoms with van der Waals surface area (Å²) in [5.74, 6) is 1.45. The van der Waals surface area contributed by atoms with E-state index in [0.717, 1.165) is 27.9 Å². The van der Waals surface area contributed by atoms with Crippen LogP contribution in [0.1, 0.15) is 11.5 Å². The van der Waals surface area contributed by atoms with Gasteiger partial charge in [0.25, 0.3) is 0 Å². The maximum atomic E-state index is 9.15. The lowest BCUT2D eigenvalue weighted by molar-refractivity contribution is 0.271. The fourth-order valence-electron chi connectivity index (χ4n) is 1.97. The smallest absolute Gasteiger partial charge is 0.168 e. The second kappa shape index (κ2) is 6.15. The quantitative estimate of drug-likeness (QED) is 0.734. The number of rotatable bonds is 5. The highest BCUT2D eigenvalue weighted by Gasteiger charge is 2.10. The van der Waals surface area contributed by atoms with Gasteiger partial charge in [-0.3, -0.25) is 0 Å². The van der Waals surface area contributed by atoms with Gasteiger partial charge in [-0.05, 0) is 0 Å². The molecule has 3 aromatic rings. The first-order valence-electron chi connectivity index (χ1n) is 6.53. The Hall–Kier alpha value is -2.05. The lowest BCUT2D eigenvalue weighted by Crippen LogP contribution is -1.97. The molecule has 0 amide bonds. The molecule has 0 unspecified atom stereocenters. The number of aliphatic hydroxyl groups is 1. The van der Waals surface area contributed by atoms with Crippen molar-refractivity contribution in [3.8, 4) is 11.3 Å². The molecular formula is C15H15N3O2S. The van der Waals surface area contributed by atoms with Gasteiger partial charge < -0.3 is 14.2 Å². The third-order valence-corrected chi connectivity index (χ3v) is 4.24. The summed E-state index contributed by atoms with van der Waals surface area (Å²) in [6.07, 6.45) is 1.68. The van der Waals surface area contributed by atoms with Gasteiger partial charge in [0.15, 0.2) is 5.16 Å². The third kappa shape index (κ3) is 3.01. The number of nitrogens with zero attached hydrogens (tertiary/aromatic N) is 3. The van der Waals surface area contributed by atoms with Gasteiger partial charge in [0.05, 0.1) is 24.3 Å². The summed E-state index contributed by atoms with van der Waals surface area (Å²) in [5.41, 5.74) is 2.67. The van der Waals surface area contributed by atoms with Gasteiger partial charge >= 0.3 is 0 Å². The number of imidazole rings is 1. The van der Waals surface area contributed by atoms with Crippen molar-refractivity contribution in [1.82, 2.24) is 14.7 Å². The molecule has 0 fully saturated rings. The summed E-state index contributed by atoms with van der Waals surface area (Å²) in [4.78, 5) is 4.27. The van der Waals surface area contributed by atoms with Crippen molar-refractivity contribution in [2.24, 2.45) is 7.05 Å². The highest BCUT2D eigenvalue weighted by atomic mass is 32.2. The molecule has 2 aromatic heterocycles. The number of hydrogen-bond donors (Lipinski definition) is 1. The molecule has 0 aliphatic carbocycles. The normalized spacial score (nSPS) is 11.0. The first-order valence-corrected chi connectivity index (χ1v) is 7.51. The van der Waals surface area contributed by atoms with Crippen molar-refractivity contribution >= 4 is 11.8 Å². The average Bonchev–Trinajstić information content (AvgIpc) is 3.13. The molecule has 0 radical (unpaired) electrons. The Morgan fingerprint density at radius 3 is 2.81 bits per heavy atom. The van der Waals surface area contributed by atoms with Crippen molar-refractivity contribution in [2.45, 2.75) is 17.5 Å². The summed E-state index contributed by atoms with van der Waals surface area (Å²) >= 11 is 1.55. The van der Waals surface area contributed by atoms with Crippen molar-refractivity contribution < 1.29 is 9.63 Å². The molecule has 6 heteroatoms. The minimum absolute atomic E-state index is 0.00940. The Morgan fingerprint density at radius 2 is 2.10 bits per heavy atom. The fraction of sp³-hybridized carbons (Fsp3) is 0.200. The second-order valence-electron chi connectivity index (χ2n) is 4.58.